The molecular weight excluding hydrogens is 294 g/mol. The predicted octanol–water partition coefficient (Wildman–Crippen LogP) is 4.80. The lowest BCUT2D eigenvalue weighted by atomic mass is 9.96. The molecule has 1 fully saturated rings. The number of carbonyl (C=O) groups is 1. The van der Waals surface area contributed by atoms with Gasteiger partial charge in [-0.2, -0.15) is 0 Å². The molecule has 2 aromatic carbocycles. The van der Waals surface area contributed by atoms with E-state index in [-0.39, 0.29) is 11.7 Å². The summed E-state index contributed by atoms with van der Waals surface area (Å²) in [7, 11) is 0. The minimum atomic E-state index is 0.0443. The molecule has 1 unspecified atom stereocenters. The second-order valence-corrected chi connectivity index (χ2v) is 6.77. The second-order valence-electron chi connectivity index (χ2n) is 6.33. The molecule has 0 N–H and O–H groups in total. The normalized spacial score (nSPS) is 17.5. The molecule has 22 heavy (non-hydrogen) atoms. The standard InChI is InChI=1S/C19H22ClNO/c1-14(13-21-9-3-2-4-10-21)19(22)17-6-5-16-12-18(20)8-7-15(16)11-17/h5-8,11-12,14H,2-4,9-10,13H2,1H3. The molecule has 0 aromatic heterocycles. The van der Waals surface area contributed by atoms with E-state index in [4.69, 9.17) is 11.6 Å². The first-order valence-corrected chi connectivity index (χ1v) is 8.47. The van der Waals surface area contributed by atoms with Gasteiger partial charge in [0.2, 0.25) is 0 Å². The van der Waals surface area contributed by atoms with Gasteiger partial charge in [0.1, 0.15) is 0 Å². The van der Waals surface area contributed by atoms with Gasteiger partial charge in [0, 0.05) is 23.0 Å². The Morgan fingerprint density at radius 3 is 2.55 bits per heavy atom. The van der Waals surface area contributed by atoms with Crippen molar-refractivity contribution in [2.75, 3.05) is 19.6 Å². The van der Waals surface area contributed by atoms with Gasteiger partial charge in [0.25, 0.3) is 0 Å². The van der Waals surface area contributed by atoms with Crippen LogP contribution in [0.3, 0.4) is 0 Å². The van der Waals surface area contributed by atoms with Gasteiger partial charge in [0.15, 0.2) is 5.78 Å². The van der Waals surface area contributed by atoms with Crippen molar-refractivity contribution < 1.29 is 4.79 Å². The van der Waals surface area contributed by atoms with Gasteiger partial charge in [-0.15, -0.1) is 0 Å². The third kappa shape index (κ3) is 3.50. The summed E-state index contributed by atoms with van der Waals surface area (Å²) < 4.78 is 0. The molecule has 0 radical (unpaired) electrons. The fourth-order valence-electron chi connectivity index (χ4n) is 3.27. The summed E-state index contributed by atoms with van der Waals surface area (Å²) >= 11 is 6.01. The Morgan fingerprint density at radius 2 is 1.77 bits per heavy atom. The van der Waals surface area contributed by atoms with E-state index in [1.165, 1.54) is 19.3 Å². The van der Waals surface area contributed by atoms with Crippen molar-refractivity contribution in [2.24, 2.45) is 5.92 Å². The highest BCUT2D eigenvalue weighted by molar-refractivity contribution is 6.31. The highest BCUT2D eigenvalue weighted by Gasteiger charge is 2.20. The van der Waals surface area contributed by atoms with Crippen LogP contribution in [-0.2, 0) is 0 Å². The van der Waals surface area contributed by atoms with Crippen molar-refractivity contribution in [3.63, 3.8) is 0 Å². The highest BCUT2D eigenvalue weighted by Crippen LogP contribution is 2.22. The average molecular weight is 316 g/mol. The van der Waals surface area contributed by atoms with Crippen LogP contribution in [0.4, 0.5) is 0 Å². The summed E-state index contributed by atoms with van der Waals surface area (Å²) in [6.45, 7) is 5.18. The van der Waals surface area contributed by atoms with Crippen LogP contribution in [0.25, 0.3) is 10.8 Å². The molecule has 2 aromatic rings. The molecule has 0 bridgehead atoms. The van der Waals surface area contributed by atoms with Gasteiger partial charge in [-0.3, -0.25) is 4.79 Å². The molecule has 2 nitrogen and oxygen atoms in total. The molecule has 1 aliphatic rings. The summed E-state index contributed by atoms with van der Waals surface area (Å²) in [4.78, 5) is 15.1. The number of halogens is 1. The highest BCUT2D eigenvalue weighted by atomic mass is 35.5. The van der Waals surface area contributed by atoms with E-state index >= 15 is 0 Å². The zero-order valence-electron chi connectivity index (χ0n) is 13.0. The average Bonchev–Trinajstić information content (AvgIpc) is 2.54. The van der Waals surface area contributed by atoms with E-state index < -0.39 is 0 Å². The van der Waals surface area contributed by atoms with Crippen molar-refractivity contribution in [3.8, 4) is 0 Å². The number of hydrogen-bond acceptors (Lipinski definition) is 2. The number of piperidine rings is 1. The smallest absolute Gasteiger partial charge is 0.166 e. The van der Waals surface area contributed by atoms with Crippen LogP contribution in [-0.4, -0.2) is 30.3 Å². The number of carbonyl (C=O) groups excluding carboxylic acids is 1. The second kappa shape index (κ2) is 6.80. The van der Waals surface area contributed by atoms with E-state index in [1.807, 2.05) is 43.3 Å². The van der Waals surface area contributed by atoms with Crippen molar-refractivity contribution >= 4 is 28.2 Å². The van der Waals surface area contributed by atoms with Crippen LogP contribution in [0.1, 0.15) is 36.5 Å². The summed E-state index contributed by atoms with van der Waals surface area (Å²) in [5.41, 5.74) is 0.805. The Hall–Kier alpha value is -1.38. The number of hydrogen-bond donors (Lipinski definition) is 0. The predicted molar refractivity (Wildman–Crippen MR) is 92.7 cm³/mol. The number of likely N-dealkylation sites (tertiary alicyclic amines) is 1. The van der Waals surface area contributed by atoms with Gasteiger partial charge in [0.05, 0.1) is 0 Å². The van der Waals surface area contributed by atoms with Crippen molar-refractivity contribution in [1.82, 2.24) is 4.90 Å². The van der Waals surface area contributed by atoms with Crippen molar-refractivity contribution in [3.05, 3.63) is 47.0 Å². The van der Waals surface area contributed by atoms with Crippen LogP contribution in [0, 0.1) is 5.92 Å². The zero-order chi connectivity index (χ0) is 15.5. The van der Waals surface area contributed by atoms with Gasteiger partial charge in [-0.25, -0.2) is 0 Å². The summed E-state index contributed by atoms with van der Waals surface area (Å²) in [6.07, 6.45) is 3.85. The van der Waals surface area contributed by atoms with Gasteiger partial charge < -0.3 is 4.90 Å². The lowest BCUT2D eigenvalue weighted by Gasteiger charge is -2.28. The number of benzene rings is 2. The molecule has 0 spiro atoms. The molecule has 1 heterocycles. The van der Waals surface area contributed by atoms with E-state index in [9.17, 15) is 4.79 Å². The Balaban J connectivity index is 1.74. The minimum absolute atomic E-state index is 0.0443. The number of rotatable bonds is 4. The maximum absolute atomic E-state index is 12.7. The van der Waals surface area contributed by atoms with Gasteiger partial charge in [-0.05, 0) is 54.9 Å². The molecule has 3 heteroatoms. The monoisotopic (exact) mass is 315 g/mol. The fraction of sp³-hybridized carbons (Fsp3) is 0.421. The third-order valence-corrected chi connectivity index (χ3v) is 4.75. The Labute approximate surface area is 137 Å². The zero-order valence-corrected chi connectivity index (χ0v) is 13.8. The van der Waals surface area contributed by atoms with Crippen LogP contribution >= 0.6 is 11.6 Å². The molecule has 1 aliphatic heterocycles. The molecule has 1 atom stereocenters. The minimum Gasteiger partial charge on any atom is -0.303 e. The largest absolute Gasteiger partial charge is 0.303 e. The summed E-state index contributed by atoms with van der Waals surface area (Å²) in [5, 5.41) is 2.87. The fourth-order valence-corrected chi connectivity index (χ4v) is 3.45. The SMILES string of the molecule is CC(CN1CCCCC1)C(=O)c1ccc2cc(Cl)ccc2c1. The summed E-state index contributed by atoms with van der Waals surface area (Å²) in [5.74, 6) is 0.283. The Kier molecular flexibility index (Phi) is 4.80. The van der Waals surface area contributed by atoms with Gasteiger partial charge >= 0.3 is 0 Å². The number of Topliss-reactive ketones (excluding diaryl/α,β-unsaturated/α-hetero) is 1. The first-order valence-electron chi connectivity index (χ1n) is 8.09. The van der Waals surface area contributed by atoms with Crippen LogP contribution < -0.4 is 0 Å². The molecule has 0 amide bonds. The molecule has 3 rings (SSSR count). The maximum Gasteiger partial charge on any atom is 0.166 e. The molecule has 0 aliphatic carbocycles. The third-order valence-electron chi connectivity index (χ3n) is 4.52. The first kappa shape index (κ1) is 15.5. The van der Waals surface area contributed by atoms with E-state index in [1.54, 1.807) is 0 Å². The van der Waals surface area contributed by atoms with Crippen molar-refractivity contribution in [2.45, 2.75) is 26.2 Å². The maximum atomic E-state index is 12.7. The summed E-state index contributed by atoms with van der Waals surface area (Å²) in [6, 6.07) is 11.7. The Bertz CT molecular complexity index is 676. The van der Waals surface area contributed by atoms with Gasteiger partial charge in [-0.1, -0.05) is 43.1 Å². The van der Waals surface area contributed by atoms with E-state index in [0.29, 0.717) is 0 Å². The molecule has 1 saturated heterocycles. The van der Waals surface area contributed by atoms with Crippen LogP contribution in [0.5, 0.6) is 0 Å². The molecular formula is C19H22ClNO. The van der Waals surface area contributed by atoms with Crippen LogP contribution in [0.2, 0.25) is 5.02 Å². The topological polar surface area (TPSA) is 20.3 Å². The van der Waals surface area contributed by atoms with Crippen molar-refractivity contribution in [1.29, 1.82) is 0 Å². The Morgan fingerprint density at radius 1 is 1.09 bits per heavy atom. The first-order chi connectivity index (χ1) is 10.6. The van der Waals surface area contributed by atoms with Crippen LogP contribution in [0.15, 0.2) is 36.4 Å². The number of fused-ring (bicyclic) bond motifs is 1. The van der Waals surface area contributed by atoms with E-state index in [0.717, 1.165) is 41.0 Å². The number of nitrogens with zero attached hydrogens (tertiary/aromatic N) is 1. The lowest BCUT2D eigenvalue weighted by molar-refractivity contribution is 0.0884. The van der Waals surface area contributed by atoms with E-state index in [2.05, 4.69) is 4.90 Å². The lowest BCUT2D eigenvalue weighted by Crippen LogP contribution is -2.35. The molecule has 0 saturated carbocycles. The molecule has 116 valence electrons. The quantitative estimate of drug-likeness (QED) is 0.755. The number of ketones is 1.